The average Bonchev–Trinajstić information content (AvgIpc) is 3.23. The molecule has 5 rings (SSSR count). The van der Waals surface area contributed by atoms with E-state index in [0.717, 1.165) is 5.56 Å². The number of nitrogens with zero attached hydrogens (tertiary/aromatic N) is 2. The van der Waals surface area contributed by atoms with E-state index in [-0.39, 0.29) is 23.4 Å². The van der Waals surface area contributed by atoms with Crippen molar-refractivity contribution >= 4 is 28.2 Å². The Morgan fingerprint density at radius 3 is 2.52 bits per heavy atom. The van der Waals surface area contributed by atoms with Crippen LogP contribution >= 0.6 is 0 Å². The third-order valence-corrected chi connectivity index (χ3v) is 5.35. The summed E-state index contributed by atoms with van der Waals surface area (Å²) in [4.78, 5) is 43.1. The Morgan fingerprint density at radius 2 is 1.73 bits per heavy atom. The summed E-state index contributed by atoms with van der Waals surface area (Å²) in [6.45, 7) is 1.89. The molecule has 7 heteroatoms. The molecule has 0 N–H and O–H groups in total. The minimum atomic E-state index is -0.750. The Balaban J connectivity index is 1.70. The molecule has 5 aromatic rings. The van der Waals surface area contributed by atoms with Gasteiger partial charge in [-0.1, -0.05) is 48.5 Å². The molecule has 3 heterocycles. The van der Waals surface area contributed by atoms with E-state index in [1.165, 1.54) is 22.9 Å². The lowest BCUT2D eigenvalue weighted by Gasteiger charge is -2.06. The lowest BCUT2D eigenvalue weighted by Crippen LogP contribution is -2.16. The summed E-state index contributed by atoms with van der Waals surface area (Å²) >= 11 is 0. The number of carbonyl (C=O) groups excluding carboxylic acids is 2. The average molecular weight is 438 g/mol. The van der Waals surface area contributed by atoms with Crippen molar-refractivity contribution in [2.24, 2.45) is 0 Å². The van der Waals surface area contributed by atoms with Crippen LogP contribution in [0.25, 0.3) is 27.7 Å². The molecule has 0 saturated carbocycles. The normalized spacial score (nSPS) is 11.1. The number of benzene rings is 2. The Kier molecular flexibility index (Phi) is 5.06. The largest absolute Gasteiger partial charge is 0.462 e. The molecule has 0 aliphatic heterocycles. The Morgan fingerprint density at radius 1 is 0.970 bits per heavy atom. The first kappa shape index (κ1) is 20.4. The molecule has 0 aliphatic carbocycles. The predicted molar refractivity (Wildman–Crippen MR) is 123 cm³/mol. The highest BCUT2D eigenvalue weighted by molar-refractivity contribution is 6.12. The zero-order chi connectivity index (χ0) is 22.9. The summed E-state index contributed by atoms with van der Waals surface area (Å²) < 4.78 is 12.0. The van der Waals surface area contributed by atoms with Crippen LogP contribution < -0.4 is 5.63 Å². The number of fused-ring (bicyclic) bond motifs is 2. The van der Waals surface area contributed by atoms with Gasteiger partial charge in [-0.3, -0.25) is 9.20 Å². The standard InChI is InChI=1S/C26H18N2O5/c1-2-32-25(30)18-13-22(24(29)19-12-17-10-6-7-11-23(17)33-26(19)31)28-15-27-20(14-21(18)28)16-8-4-3-5-9-16/h3-15H,2H2,1H3. The van der Waals surface area contributed by atoms with E-state index in [0.29, 0.717) is 22.2 Å². The van der Waals surface area contributed by atoms with Crippen molar-refractivity contribution in [3.8, 4) is 11.3 Å². The van der Waals surface area contributed by atoms with Crippen LogP contribution in [0.3, 0.4) is 0 Å². The van der Waals surface area contributed by atoms with Gasteiger partial charge in [-0.25, -0.2) is 14.6 Å². The lowest BCUT2D eigenvalue weighted by molar-refractivity contribution is 0.0529. The van der Waals surface area contributed by atoms with Crippen LogP contribution in [0.15, 0.2) is 88.3 Å². The number of rotatable bonds is 5. The van der Waals surface area contributed by atoms with Gasteiger partial charge >= 0.3 is 11.6 Å². The second kappa shape index (κ2) is 8.20. The molecule has 162 valence electrons. The van der Waals surface area contributed by atoms with Crippen LogP contribution in [0, 0.1) is 0 Å². The molecule has 2 aromatic carbocycles. The minimum absolute atomic E-state index is 0.114. The van der Waals surface area contributed by atoms with Gasteiger partial charge in [0.1, 0.15) is 17.5 Å². The zero-order valence-electron chi connectivity index (χ0n) is 17.6. The number of esters is 1. The van der Waals surface area contributed by atoms with Crippen LogP contribution in [0.2, 0.25) is 0 Å². The van der Waals surface area contributed by atoms with Gasteiger partial charge in [-0.15, -0.1) is 0 Å². The monoisotopic (exact) mass is 438 g/mol. The van der Waals surface area contributed by atoms with Gasteiger partial charge in [-0.05, 0) is 31.2 Å². The second-order valence-electron chi connectivity index (χ2n) is 7.37. The van der Waals surface area contributed by atoms with Crippen LogP contribution in [-0.4, -0.2) is 27.7 Å². The number of para-hydroxylation sites is 1. The highest BCUT2D eigenvalue weighted by atomic mass is 16.5. The molecule has 0 saturated heterocycles. The van der Waals surface area contributed by atoms with Crippen molar-refractivity contribution in [1.82, 2.24) is 9.38 Å². The number of hydrogen-bond donors (Lipinski definition) is 0. The van der Waals surface area contributed by atoms with Crippen LogP contribution in [0.5, 0.6) is 0 Å². The minimum Gasteiger partial charge on any atom is -0.462 e. The molecule has 7 nitrogen and oxygen atoms in total. The highest BCUT2D eigenvalue weighted by Gasteiger charge is 2.24. The molecule has 0 atom stereocenters. The molecule has 0 unspecified atom stereocenters. The molecular formula is C26H18N2O5. The lowest BCUT2D eigenvalue weighted by atomic mass is 10.1. The summed E-state index contributed by atoms with van der Waals surface area (Å²) in [5.74, 6) is -1.14. The molecule has 0 fully saturated rings. The fourth-order valence-electron chi connectivity index (χ4n) is 3.77. The third kappa shape index (κ3) is 3.59. The maximum absolute atomic E-state index is 13.4. The van der Waals surface area contributed by atoms with Crippen molar-refractivity contribution in [3.05, 3.63) is 106 Å². The van der Waals surface area contributed by atoms with E-state index in [1.54, 1.807) is 37.3 Å². The summed E-state index contributed by atoms with van der Waals surface area (Å²) in [5, 5.41) is 0.622. The number of aromatic nitrogens is 2. The first-order chi connectivity index (χ1) is 16.1. The van der Waals surface area contributed by atoms with Gasteiger partial charge in [0.05, 0.1) is 29.1 Å². The van der Waals surface area contributed by atoms with Crippen molar-refractivity contribution in [3.63, 3.8) is 0 Å². The summed E-state index contributed by atoms with van der Waals surface area (Å²) in [6.07, 6.45) is 1.47. The van der Waals surface area contributed by atoms with Gasteiger partial charge in [0.25, 0.3) is 0 Å². The predicted octanol–water partition coefficient (Wildman–Crippen LogP) is 4.52. The maximum Gasteiger partial charge on any atom is 0.347 e. The van der Waals surface area contributed by atoms with Crippen molar-refractivity contribution in [2.45, 2.75) is 6.92 Å². The molecular weight excluding hydrogens is 420 g/mol. The SMILES string of the molecule is CCOC(=O)c1cc(C(=O)c2cc3ccccc3oc2=O)n2cnc(-c3ccccc3)cc12. The fraction of sp³-hybridized carbons (Fsp3) is 0.0769. The molecule has 0 amide bonds. The van der Waals surface area contributed by atoms with Crippen LogP contribution in [0.1, 0.15) is 33.3 Å². The van der Waals surface area contributed by atoms with E-state index < -0.39 is 17.4 Å². The van der Waals surface area contributed by atoms with Crippen LogP contribution in [0.4, 0.5) is 0 Å². The van der Waals surface area contributed by atoms with Gasteiger partial charge in [0, 0.05) is 10.9 Å². The van der Waals surface area contributed by atoms with Crippen LogP contribution in [-0.2, 0) is 4.74 Å². The van der Waals surface area contributed by atoms with E-state index in [4.69, 9.17) is 9.15 Å². The molecule has 0 radical (unpaired) electrons. The van der Waals surface area contributed by atoms with E-state index in [2.05, 4.69) is 4.98 Å². The quantitative estimate of drug-likeness (QED) is 0.228. The summed E-state index contributed by atoms with van der Waals surface area (Å²) in [5.41, 5.74) is 1.79. The van der Waals surface area contributed by atoms with E-state index >= 15 is 0 Å². The number of ketones is 1. The highest BCUT2D eigenvalue weighted by Crippen LogP contribution is 2.25. The molecule has 0 spiro atoms. The van der Waals surface area contributed by atoms with Crippen molar-refractivity contribution < 1.29 is 18.7 Å². The van der Waals surface area contributed by atoms with E-state index in [9.17, 15) is 14.4 Å². The molecule has 0 aliphatic rings. The summed E-state index contributed by atoms with van der Waals surface area (Å²) in [7, 11) is 0. The first-order valence-corrected chi connectivity index (χ1v) is 10.4. The van der Waals surface area contributed by atoms with Gasteiger partial charge < -0.3 is 9.15 Å². The Hall–Kier alpha value is -4.52. The Labute approximate surface area is 187 Å². The maximum atomic E-state index is 13.4. The number of hydrogen-bond acceptors (Lipinski definition) is 6. The van der Waals surface area contributed by atoms with Crippen molar-refractivity contribution in [1.29, 1.82) is 0 Å². The molecule has 33 heavy (non-hydrogen) atoms. The fourth-order valence-corrected chi connectivity index (χ4v) is 3.77. The molecule has 3 aromatic heterocycles. The van der Waals surface area contributed by atoms with Crippen molar-refractivity contribution in [2.75, 3.05) is 6.61 Å². The first-order valence-electron chi connectivity index (χ1n) is 10.4. The summed E-state index contributed by atoms with van der Waals surface area (Å²) in [6, 6.07) is 21.1. The van der Waals surface area contributed by atoms with Gasteiger partial charge in [-0.2, -0.15) is 0 Å². The van der Waals surface area contributed by atoms with E-state index in [1.807, 2.05) is 30.3 Å². The number of carbonyl (C=O) groups is 2. The molecule has 0 bridgehead atoms. The van der Waals surface area contributed by atoms with Gasteiger partial charge in [0.2, 0.25) is 5.78 Å². The zero-order valence-corrected chi connectivity index (χ0v) is 17.6. The smallest absolute Gasteiger partial charge is 0.347 e. The second-order valence-corrected chi connectivity index (χ2v) is 7.37. The third-order valence-electron chi connectivity index (χ3n) is 5.35. The van der Waals surface area contributed by atoms with Gasteiger partial charge in [0.15, 0.2) is 0 Å². The topological polar surface area (TPSA) is 90.9 Å². The number of ether oxygens (including phenoxy) is 1. The Bertz CT molecular complexity index is 1580.